The molecule has 2 aromatic rings. The summed E-state index contributed by atoms with van der Waals surface area (Å²) in [5.74, 6) is 0. The second kappa shape index (κ2) is 3.13. The molecule has 0 amide bonds. The van der Waals surface area contributed by atoms with Crippen LogP contribution in [0, 0.1) is 0 Å². The van der Waals surface area contributed by atoms with Crippen molar-refractivity contribution < 1.29 is 0 Å². The van der Waals surface area contributed by atoms with Crippen LogP contribution in [0.4, 0.5) is 0 Å². The summed E-state index contributed by atoms with van der Waals surface area (Å²) in [6, 6.07) is 3.82. The van der Waals surface area contributed by atoms with Crippen molar-refractivity contribution in [3.05, 3.63) is 42.5 Å². The maximum absolute atomic E-state index is 4.08. The molecular weight excluding hydrogens is 152 g/mol. The highest BCUT2D eigenvalue weighted by Gasteiger charge is 1.92. The SMILES string of the molecule is c1cnn(Cc2ccnnc2)c1. The van der Waals surface area contributed by atoms with E-state index in [-0.39, 0.29) is 0 Å². The van der Waals surface area contributed by atoms with E-state index in [4.69, 9.17) is 0 Å². The number of aromatic nitrogens is 4. The molecule has 0 fully saturated rings. The van der Waals surface area contributed by atoms with Crippen molar-refractivity contribution in [2.24, 2.45) is 0 Å². The van der Waals surface area contributed by atoms with Crippen molar-refractivity contribution in [2.45, 2.75) is 6.54 Å². The van der Waals surface area contributed by atoms with E-state index < -0.39 is 0 Å². The monoisotopic (exact) mass is 160 g/mol. The molecule has 4 nitrogen and oxygen atoms in total. The Labute approximate surface area is 69.9 Å². The van der Waals surface area contributed by atoms with Gasteiger partial charge in [-0.2, -0.15) is 15.3 Å². The van der Waals surface area contributed by atoms with Crippen LogP contribution in [-0.2, 0) is 6.54 Å². The standard InChI is InChI=1S/C8H8N4/c1-3-11-12(5-1)7-8-2-4-9-10-6-8/h1-6H,7H2. The molecule has 0 atom stereocenters. The van der Waals surface area contributed by atoms with E-state index in [9.17, 15) is 0 Å². The quantitative estimate of drug-likeness (QED) is 0.650. The summed E-state index contributed by atoms with van der Waals surface area (Å²) in [4.78, 5) is 0. The van der Waals surface area contributed by atoms with Gasteiger partial charge in [0.1, 0.15) is 0 Å². The number of nitrogens with zero attached hydrogens (tertiary/aromatic N) is 4. The van der Waals surface area contributed by atoms with Gasteiger partial charge in [-0.3, -0.25) is 4.68 Å². The Morgan fingerprint density at radius 3 is 2.92 bits per heavy atom. The van der Waals surface area contributed by atoms with E-state index in [2.05, 4.69) is 15.3 Å². The van der Waals surface area contributed by atoms with Crippen molar-refractivity contribution in [1.29, 1.82) is 0 Å². The van der Waals surface area contributed by atoms with Crippen LogP contribution in [0.2, 0.25) is 0 Å². The summed E-state index contributed by atoms with van der Waals surface area (Å²) in [7, 11) is 0. The van der Waals surface area contributed by atoms with Gasteiger partial charge in [0.25, 0.3) is 0 Å². The van der Waals surface area contributed by atoms with Gasteiger partial charge in [-0.25, -0.2) is 0 Å². The molecular formula is C8H8N4. The smallest absolute Gasteiger partial charge is 0.0675 e. The average molecular weight is 160 g/mol. The molecule has 0 unspecified atom stereocenters. The second-order valence-corrected chi connectivity index (χ2v) is 2.45. The van der Waals surface area contributed by atoms with Crippen molar-refractivity contribution >= 4 is 0 Å². The van der Waals surface area contributed by atoms with Gasteiger partial charge in [0.05, 0.1) is 12.7 Å². The van der Waals surface area contributed by atoms with Crippen LogP contribution in [-0.4, -0.2) is 20.0 Å². The molecule has 0 saturated heterocycles. The molecule has 0 bridgehead atoms. The maximum Gasteiger partial charge on any atom is 0.0675 e. The molecule has 0 aromatic carbocycles. The third-order valence-corrected chi connectivity index (χ3v) is 1.55. The Hall–Kier alpha value is -1.71. The van der Waals surface area contributed by atoms with E-state index in [1.54, 1.807) is 18.6 Å². The lowest BCUT2D eigenvalue weighted by Gasteiger charge is -1.98. The molecule has 0 spiro atoms. The minimum atomic E-state index is 0.752. The minimum absolute atomic E-state index is 0.752. The summed E-state index contributed by atoms with van der Waals surface area (Å²) < 4.78 is 1.84. The molecule has 0 saturated carbocycles. The van der Waals surface area contributed by atoms with Crippen LogP contribution in [0.5, 0.6) is 0 Å². The van der Waals surface area contributed by atoms with E-state index in [0.29, 0.717) is 0 Å². The first-order chi connectivity index (χ1) is 5.95. The summed E-state index contributed by atoms with van der Waals surface area (Å²) >= 11 is 0. The lowest BCUT2D eigenvalue weighted by Crippen LogP contribution is -2.00. The van der Waals surface area contributed by atoms with Crippen LogP contribution >= 0.6 is 0 Å². The van der Waals surface area contributed by atoms with Crippen molar-refractivity contribution in [2.75, 3.05) is 0 Å². The molecule has 4 heteroatoms. The fourth-order valence-corrected chi connectivity index (χ4v) is 0.993. The van der Waals surface area contributed by atoms with Crippen molar-refractivity contribution in [1.82, 2.24) is 20.0 Å². The predicted octanol–water partition coefficient (Wildman–Crippen LogP) is 0.721. The van der Waals surface area contributed by atoms with Crippen LogP contribution in [0.15, 0.2) is 36.9 Å². The normalized spacial score (nSPS) is 10.0. The number of hydrogen-bond acceptors (Lipinski definition) is 3. The minimum Gasteiger partial charge on any atom is -0.268 e. The third-order valence-electron chi connectivity index (χ3n) is 1.55. The van der Waals surface area contributed by atoms with Crippen molar-refractivity contribution in [3.8, 4) is 0 Å². The first-order valence-corrected chi connectivity index (χ1v) is 3.68. The van der Waals surface area contributed by atoms with Crippen LogP contribution in [0.25, 0.3) is 0 Å². The van der Waals surface area contributed by atoms with Gasteiger partial charge in [-0.1, -0.05) is 0 Å². The summed E-state index contributed by atoms with van der Waals surface area (Å²) in [5, 5.41) is 11.5. The van der Waals surface area contributed by atoms with E-state index in [1.165, 1.54) is 0 Å². The summed E-state index contributed by atoms with van der Waals surface area (Å²) in [6.07, 6.45) is 7.09. The lowest BCUT2D eigenvalue weighted by molar-refractivity contribution is 0.682. The molecule has 2 rings (SSSR count). The largest absolute Gasteiger partial charge is 0.268 e. The summed E-state index contributed by atoms with van der Waals surface area (Å²) in [6.45, 7) is 0.752. The van der Waals surface area contributed by atoms with Gasteiger partial charge in [0.2, 0.25) is 0 Å². The van der Waals surface area contributed by atoms with Gasteiger partial charge in [0.15, 0.2) is 0 Å². The number of rotatable bonds is 2. The average Bonchev–Trinajstić information content (AvgIpc) is 2.59. The zero-order chi connectivity index (χ0) is 8.23. The molecule has 0 N–H and O–H groups in total. The Bertz CT molecular complexity index is 327. The van der Waals surface area contributed by atoms with E-state index in [1.807, 2.05) is 23.0 Å². The Balaban J connectivity index is 2.15. The fourth-order valence-electron chi connectivity index (χ4n) is 0.993. The van der Waals surface area contributed by atoms with Crippen LogP contribution in [0.3, 0.4) is 0 Å². The maximum atomic E-state index is 4.08. The van der Waals surface area contributed by atoms with Crippen LogP contribution in [0.1, 0.15) is 5.56 Å². The summed E-state index contributed by atoms with van der Waals surface area (Å²) in [5.41, 5.74) is 1.11. The Morgan fingerprint density at radius 1 is 1.25 bits per heavy atom. The molecule has 0 aliphatic carbocycles. The van der Waals surface area contributed by atoms with Gasteiger partial charge < -0.3 is 0 Å². The number of hydrogen-bond donors (Lipinski definition) is 0. The molecule has 0 aliphatic heterocycles. The highest BCUT2D eigenvalue weighted by atomic mass is 15.3. The molecule has 2 heterocycles. The van der Waals surface area contributed by atoms with Gasteiger partial charge in [-0.15, -0.1) is 0 Å². The zero-order valence-electron chi connectivity index (χ0n) is 6.46. The van der Waals surface area contributed by atoms with Gasteiger partial charge >= 0.3 is 0 Å². The topological polar surface area (TPSA) is 43.6 Å². The van der Waals surface area contributed by atoms with E-state index in [0.717, 1.165) is 12.1 Å². The molecule has 0 aliphatic rings. The van der Waals surface area contributed by atoms with Crippen LogP contribution < -0.4 is 0 Å². The fraction of sp³-hybridized carbons (Fsp3) is 0.125. The molecule has 0 radical (unpaired) electrons. The molecule has 60 valence electrons. The van der Waals surface area contributed by atoms with Gasteiger partial charge in [-0.05, 0) is 17.7 Å². The Morgan fingerprint density at radius 2 is 2.25 bits per heavy atom. The highest BCUT2D eigenvalue weighted by Crippen LogP contribution is 1.96. The van der Waals surface area contributed by atoms with Gasteiger partial charge in [0, 0.05) is 18.6 Å². The van der Waals surface area contributed by atoms with Crippen molar-refractivity contribution in [3.63, 3.8) is 0 Å². The zero-order valence-corrected chi connectivity index (χ0v) is 6.46. The predicted molar refractivity (Wildman–Crippen MR) is 43.4 cm³/mol. The first-order valence-electron chi connectivity index (χ1n) is 3.68. The second-order valence-electron chi connectivity index (χ2n) is 2.45. The first kappa shape index (κ1) is 6.97. The molecule has 2 aromatic heterocycles. The lowest BCUT2D eigenvalue weighted by atomic mass is 10.3. The highest BCUT2D eigenvalue weighted by molar-refractivity contribution is 5.05. The third kappa shape index (κ3) is 1.47. The van der Waals surface area contributed by atoms with E-state index >= 15 is 0 Å². The Kier molecular flexibility index (Phi) is 1.82. The molecule has 12 heavy (non-hydrogen) atoms.